The van der Waals surface area contributed by atoms with E-state index in [1.165, 1.54) is 0 Å². The maximum absolute atomic E-state index is 12.4. The maximum atomic E-state index is 12.4. The van der Waals surface area contributed by atoms with Crippen molar-refractivity contribution >= 4 is 17.5 Å². The normalized spacial score (nSPS) is 16.1. The van der Waals surface area contributed by atoms with Crippen LogP contribution in [0.4, 0.5) is 5.69 Å². The minimum atomic E-state index is -0.277. The molecule has 116 valence electrons. The second kappa shape index (κ2) is 6.60. The molecule has 1 aromatic heterocycles. The molecule has 1 aliphatic heterocycles. The van der Waals surface area contributed by atoms with E-state index >= 15 is 0 Å². The lowest BCUT2D eigenvalue weighted by molar-refractivity contribution is -0.119. The first kappa shape index (κ1) is 15.3. The van der Waals surface area contributed by atoms with Gasteiger partial charge >= 0.3 is 0 Å². The number of nitrogens with zero attached hydrogens (tertiary/aromatic N) is 2. The van der Waals surface area contributed by atoms with Crippen molar-refractivity contribution in [1.29, 1.82) is 0 Å². The lowest BCUT2D eigenvalue weighted by Gasteiger charge is -2.31. The molecule has 0 aromatic carbocycles. The fourth-order valence-electron chi connectivity index (χ4n) is 2.76. The lowest BCUT2D eigenvalue weighted by atomic mass is 9.93. The third kappa shape index (κ3) is 3.53. The van der Waals surface area contributed by atoms with Crippen LogP contribution in [0.3, 0.4) is 0 Å². The highest BCUT2D eigenvalue weighted by molar-refractivity contribution is 5.97. The summed E-state index contributed by atoms with van der Waals surface area (Å²) in [6.45, 7) is 3.28. The molecule has 0 bridgehead atoms. The molecule has 2 heterocycles. The smallest absolute Gasteiger partial charge is 0.276 e. The quantitative estimate of drug-likeness (QED) is 0.739. The third-order valence-corrected chi connectivity index (χ3v) is 3.98. The summed E-state index contributed by atoms with van der Waals surface area (Å²) in [7, 11) is 0. The highest BCUT2D eigenvalue weighted by Crippen LogP contribution is 2.23. The molecule has 5 N–H and O–H groups in total. The highest BCUT2D eigenvalue weighted by atomic mass is 16.2. The maximum Gasteiger partial charge on any atom is 0.276 e. The summed E-state index contributed by atoms with van der Waals surface area (Å²) in [5.74, 6) is -0.136. The van der Waals surface area contributed by atoms with E-state index in [1.807, 2.05) is 6.92 Å². The van der Waals surface area contributed by atoms with Crippen molar-refractivity contribution in [2.24, 2.45) is 11.7 Å². The van der Waals surface area contributed by atoms with Crippen molar-refractivity contribution in [2.75, 3.05) is 18.8 Å². The lowest BCUT2D eigenvalue weighted by Crippen LogP contribution is -2.39. The van der Waals surface area contributed by atoms with Gasteiger partial charge in [-0.05, 0) is 25.2 Å². The molecule has 7 nitrogen and oxygen atoms in total. The molecule has 0 aliphatic carbocycles. The van der Waals surface area contributed by atoms with Gasteiger partial charge in [-0.3, -0.25) is 14.7 Å². The molecule has 7 heteroatoms. The minimum Gasteiger partial charge on any atom is -0.395 e. The highest BCUT2D eigenvalue weighted by Gasteiger charge is 2.27. The molecule has 0 saturated carbocycles. The zero-order chi connectivity index (χ0) is 15.4. The summed E-state index contributed by atoms with van der Waals surface area (Å²) in [5.41, 5.74) is 12.8. The molecule has 0 unspecified atom stereocenters. The molecule has 2 rings (SSSR count). The van der Waals surface area contributed by atoms with Crippen molar-refractivity contribution in [3.8, 4) is 0 Å². The fourth-order valence-corrected chi connectivity index (χ4v) is 2.76. The topological polar surface area (TPSA) is 118 Å². The number of H-pyrrole nitrogens is 1. The Labute approximate surface area is 124 Å². The summed E-state index contributed by atoms with van der Waals surface area (Å²) in [6, 6.07) is 0. The van der Waals surface area contributed by atoms with Gasteiger partial charge in [-0.1, -0.05) is 13.3 Å². The van der Waals surface area contributed by atoms with Crippen LogP contribution in [0.15, 0.2) is 0 Å². The number of aryl methyl sites for hydroxylation is 1. The van der Waals surface area contributed by atoms with Crippen molar-refractivity contribution in [1.82, 2.24) is 15.1 Å². The van der Waals surface area contributed by atoms with E-state index in [9.17, 15) is 9.59 Å². The summed E-state index contributed by atoms with van der Waals surface area (Å²) in [5, 5.41) is 6.91. The van der Waals surface area contributed by atoms with E-state index < -0.39 is 0 Å². The number of nitrogens with two attached hydrogens (primary N) is 2. The van der Waals surface area contributed by atoms with E-state index in [2.05, 4.69) is 10.2 Å². The number of rotatable bonds is 5. The number of aromatic amines is 1. The van der Waals surface area contributed by atoms with Crippen molar-refractivity contribution < 1.29 is 9.59 Å². The first-order valence-electron chi connectivity index (χ1n) is 7.43. The SMILES string of the molecule is CCCc1[nH]nc(C(=O)N2CCC(CC(N)=O)CC2)c1N. The second-order valence-electron chi connectivity index (χ2n) is 5.62. The number of carbonyl (C=O) groups is 2. The van der Waals surface area contributed by atoms with Gasteiger partial charge in [-0.15, -0.1) is 0 Å². The number of nitrogens with one attached hydrogen (secondary N) is 1. The Bertz CT molecular complexity index is 517. The van der Waals surface area contributed by atoms with Gasteiger partial charge in [-0.2, -0.15) is 5.10 Å². The molecule has 2 amide bonds. The summed E-state index contributed by atoms with van der Waals surface area (Å²) < 4.78 is 0. The Morgan fingerprint density at radius 2 is 2.05 bits per heavy atom. The molecule has 0 spiro atoms. The molecule has 1 aromatic rings. The monoisotopic (exact) mass is 293 g/mol. The molecule has 1 fully saturated rings. The summed E-state index contributed by atoms with van der Waals surface area (Å²) in [4.78, 5) is 25.1. The first-order valence-corrected chi connectivity index (χ1v) is 7.43. The van der Waals surface area contributed by atoms with E-state index in [1.54, 1.807) is 4.90 Å². The van der Waals surface area contributed by atoms with Crippen LogP contribution in [-0.2, 0) is 11.2 Å². The number of nitrogen functional groups attached to an aromatic ring is 1. The Hall–Kier alpha value is -2.05. The Morgan fingerprint density at radius 1 is 1.38 bits per heavy atom. The molecule has 1 aliphatic rings. The molecule has 1 saturated heterocycles. The van der Waals surface area contributed by atoms with Gasteiger partial charge in [0.2, 0.25) is 5.91 Å². The van der Waals surface area contributed by atoms with Gasteiger partial charge < -0.3 is 16.4 Å². The predicted octanol–water partition coefficient (Wildman–Crippen LogP) is 0.672. The van der Waals surface area contributed by atoms with Crippen molar-refractivity contribution in [3.05, 3.63) is 11.4 Å². The minimum absolute atomic E-state index is 0.136. The van der Waals surface area contributed by atoms with Gasteiger partial charge in [0.15, 0.2) is 5.69 Å². The molecule has 0 atom stereocenters. The number of likely N-dealkylation sites (tertiary alicyclic amines) is 1. The average Bonchev–Trinajstić information content (AvgIpc) is 2.80. The van der Waals surface area contributed by atoms with Crippen LogP contribution >= 0.6 is 0 Å². The number of piperidine rings is 1. The first-order chi connectivity index (χ1) is 10.0. The Balaban J connectivity index is 1.97. The third-order valence-electron chi connectivity index (χ3n) is 3.98. The van der Waals surface area contributed by atoms with E-state index in [0.717, 1.165) is 31.4 Å². The Kier molecular flexibility index (Phi) is 4.82. The number of primary amides is 1. The van der Waals surface area contributed by atoms with Gasteiger partial charge in [0.05, 0.1) is 11.4 Å². The number of aromatic nitrogens is 2. The standard InChI is InChI=1S/C14H23N5O2/c1-2-3-10-12(16)13(18-17-10)14(21)19-6-4-9(5-7-19)8-11(15)20/h9H,2-8,16H2,1H3,(H2,15,20)(H,17,18). The second-order valence-corrected chi connectivity index (χ2v) is 5.62. The summed E-state index contributed by atoms with van der Waals surface area (Å²) in [6.07, 6.45) is 3.71. The number of carbonyl (C=O) groups excluding carboxylic acids is 2. The molecule has 21 heavy (non-hydrogen) atoms. The number of amides is 2. The molecular weight excluding hydrogens is 270 g/mol. The fraction of sp³-hybridized carbons (Fsp3) is 0.643. The van der Waals surface area contributed by atoms with Crippen LogP contribution in [-0.4, -0.2) is 40.0 Å². The van der Waals surface area contributed by atoms with E-state index in [4.69, 9.17) is 11.5 Å². The molecule has 0 radical (unpaired) electrons. The van der Waals surface area contributed by atoms with Crippen LogP contribution in [0.1, 0.15) is 48.8 Å². The van der Waals surface area contributed by atoms with Gasteiger partial charge in [-0.25, -0.2) is 0 Å². The van der Waals surface area contributed by atoms with Gasteiger partial charge in [0.25, 0.3) is 5.91 Å². The van der Waals surface area contributed by atoms with Crippen LogP contribution in [0, 0.1) is 5.92 Å². The number of anilines is 1. The van der Waals surface area contributed by atoms with Crippen LogP contribution in [0.25, 0.3) is 0 Å². The molecular formula is C14H23N5O2. The van der Waals surface area contributed by atoms with Crippen LogP contribution in [0.5, 0.6) is 0 Å². The van der Waals surface area contributed by atoms with Crippen molar-refractivity contribution in [3.63, 3.8) is 0 Å². The number of hydrogen-bond donors (Lipinski definition) is 3. The predicted molar refractivity (Wildman–Crippen MR) is 79.4 cm³/mol. The van der Waals surface area contributed by atoms with Crippen LogP contribution in [0.2, 0.25) is 0 Å². The van der Waals surface area contributed by atoms with Crippen molar-refractivity contribution in [2.45, 2.75) is 39.0 Å². The average molecular weight is 293 g/mol. The largest absolute Gasteiger partial charge is 0.395 e. The van der Waals surface area contributed by atoms with E-state index in [0.29, 0.717) is 30.9 Å². The zero-order valence-corrected chi connectivity index (χ0v) is 12.4. The zero-order valence-electron chi connectivity index (χ0n) is 12.4. The number of hydrogen-bond acceptors (Lipinski definition) is 4. The Morgan fingerprint density at radius 3 is 2.62 bits per heavy atom. The van der Waals surface area contributed by atoms with Gasteiger partial charge in [0, 0.05) is 19.5 Å². The van der Waals surface area contributed by atoms with Crippen LogP contribution < -0.4 is 11.5 Å². The summed E-state index contributed by atoms with van der Waals surface area (Å²) >= 11 is 0. The van der Waals surface area contributed by atoms with E-state index in [-0.39, 0.29) is 17.7 Å². The van der Waals surface area contributed by atoms with Gasteiger partial charge in [0.1, 0.15) is 0 Å².